The van der Waals surface area contributed by atoms with Gasteiger partial charge in [-0.25, -0.2) is 8.42 Å². The van der Waals surface area contributed by atoms with Crippen molar-refractivity contribution in [1.82, 2.24) is 8.75 Å². The van der Waals surface area contributed by atoms with Crippen molar-refractivity contribution in [3.05, 3.63) is 46.4 Å². The van der Waals surface area contributed by atoms with Crippen LogP contribution in [0.2, 0.25) is 0 Å². The number of hydrogen-bond donors (Lipinski definition) is 1. The predicted molar refractivity (Wildman–Crippen MR) is 87.1 cm³/mol. The largest absolute Gasteiger partial charge is 0.278 e. The summed E-state index contributed by atoms with van der Waals surface area (Å²) < 4.78 is 36.8. The zero-order valence-electron chi connectivity index (χ0n) is 10.9. The number of para-hydroxylation sites is 1. The number of rotatable bonds is 3. The van der Waals surface area contributed by atoms with E-state index in [1.165, 1.54) is 0 Å². The number of fused-ring (bicyclic) bond motifs is 1. The van der Waals surface area contributed by atoms with E-state index in [4.69, 9.17) is 0 Å². The van der Waals surface area contributed by atoms with Crippen LogP contribution in [0.1, 0.15) is 5.56 Å². The average Bonchev–Trinajstić information content (AvgIpc) is 2.88. The number of aromatic nitrogens is 2. The molecule has 2 aromatic carbocycles. The first-order valence-corrected chi connectivity index (χ1v) is 8.99. The molecule has 0 unspecified atom stereocenters. The van der Waals surface area contributed by atoms with E-state index in [0.29, 0.717) is 26.8 Å². The number of benzene rings is 2. The van der Waals surface area contributed by atoms with Gasteiger partial charge >= 0.3 is 0 Å². The van der Waals surface area contributed by atoms with E-state index in [1.807, 2.05) is 6.07 Å². The van der Waals surface area contributed by atoms with Gasteiger partial charge in [0, 0.05) is 4.47 Å². The Hall–Kier alpha value is -1.51. The molecule has 0 radical (unpaired) electrons. The molecule has 0 saturated carbocycles. The molecule has 1 N–H and O–H groups in total. The van der Waals surface area contributed by atoms with E-state index >= 15 is 0 Å². The Labute approximate surface area is 134 Å². The Morgan fingerprint density at radius 2 is 1.90 bits per heavy atom. The van der Waals surface area contributed by atoms with Gasteiger partial charge in [-0.2, -0.15) is 8.75 Å². The first-order chi connectivity index (χ1) is 9.99. The highest BCUT2D eigenvalue weighted by atomic mass is 79.9. The zero-order chi connectivity index (χ0) is 15.0. The highest BCUT2D eigenvalue weighted by molar-refractivity contribution is 9.10. The summed E-state index contributed by atoms with van der Waals surface area (Å²) in [7, 11) is -3.74. The summed E-state index contributed by atoms with van der Waals surface area (Å²) in [5.41, 5.74) is 2.10. The van der Waals surface area contributed by atoms with E-state index in [0.717, 1.165) is 11.7 Å². The molecule has 0 fully saturated rings. The van der Waals surface area contributed by atoms with Gasteiger partial charge in [0.1, 0.15) is 15.9 Å². The van der Waals surface area contributed by atoms with Crippen LogP contribution in [0, 0.1) is 6.92 Å². The fraction of sp³-hybridized carbons (Fsp3) is 0.0769. The van der Waals surface area contributed by atoms with Gasteiger partial charge in [0.05, 0.1) is 17.4 Å². The van der Waals surface area contributed by atoms with E-state index in [1.54, 1.807) is 37.3 Å². The maximum atomic E-state index is 12.7. The lowest BCUT2D eigenvalue weighted by atomic mass is 10.2. The molecule has 21 heavy (non-hydrogen) atoms. The predicted octanol–water partition coefficient (Wildman–Crippen LogP) is 3.56. The maximum Gasteiger partial charge on any atom is 0.264 e. The van der Waals surface area contributed by atoms with Gasteiger partial charge in [-0.05, 0) is 46.6 Å². The van der Waals surface area contributed by atoms with Crippen LogP contribution >= 0.6 is 27.7 Å². The monoisotopic (exact) mass is 383 g/mol. The molecule has 0 aliphatic heterocycles. The molecular formula is C13H10BrN3O2S2. The Morgan fingerprint density at radius 1 is 1.14 bits per heavy atom. The lowest BCUT2D eigenvalue weighted by molar-refractivity contribution is 0.601. The summed E-state index contributed by atoms with van der Waals surface area (Å²) in [6, 6.07) is 10.6. The van der Waals surface area contributed by atoms with Gasteiger partial charge in [-0.15, -0.1) is 0 Å². The molecule has 0 aliphatic carbocycles. The van der Waals surface area contributed by atoms with Crippen LogP contribution in [0.25, 0.3) is 11.0 Å². The summed E-state index contributed by atoms with van der Waals surface area (Å²) in [4.78, 5) is 0.171. The van der Waals surface area contributed by atoms with E-state index in [2.05, 4.69) is 29.4 Å². The van der Waals surface area contributed by atoms with Crippen molar-refractivity contribution in [2.75, 3.05) is 4.72 Å². The number of hydrogen-bond acceptors (Lipinski definition) is 5. The second kappa shape index (κ2) is 5.36. The minimum atomic E-state index is -3.74. The van der Waals surface area contributed by atoms with Crippen molar-refractivity contribution in [2.45, 2.75) is 11.8 Å². The number of nitrogens with zero attached hydrogens (tertiary/aromatic N) is 2. The quantitative estimate of drug-likeness (QED) is 0.750. The minimum Gasteiger partial charge on any atom is -0.278 e. The first-order valence-electron chi connectivity index (χ1n) is 5.98. The molecular weight excluding hydrogens is 374 g/mol. The normalized spacial score (nSPS) is 11.7. The summed E-state index contributed by atoms with van der Waals surface area (Å²) in [5.74, 6) is 0. The molecule has 0 amide bonds. The van der Waals surface area contributed by atoms with Gasteiger partial charge < -0.3 is 0 Å². The Kier molecular flexibility index (Phi) is 3.68. The third kappa shape index (κ3) is 2.66. The van der Waals surface area contributed by atoms with E-state index < -0.39 is 10.0 Å². The molecule has 0 atom stereocenters. The molecule has 0 saturated heterocycles. The van der Waals surface area contributed by atoms with Crippen molar-refractivity contribution in [2.24, 2.45) is 0 Å². The second-order valence-electron chi connectivity index (χ2n) is 4.43. The molecule has 0 aliphatic rings. The van der Waals surface area contributed by atoms with Crippen LogP contribution < -0.4 is 4.72 Å². The van der Waals surface area contributed by atoms with Crippen molar-refractivity contribution >= 4 is 54.4 Å². The van der Waals surface area contributed by atoms with Crippen molar-refractivity contribution < 1.29 is 8.42 Å². The molecule has 8 heteroatoms. The summed E-state index contributed by atoms with van der Waals surface area (Å²) >= 11 is 4.33. The molecule has 3 aromatic rings. The summed E-state index contributed by atoms with van der Waals surface area (Å²) in [5, 5.41) is 0. The average molecular weight is 384 g/mol. The second-order valence-corrected chi connectivity index (χ2v) is 7.43. The molecule has 0 bridgehead atoms. The Morgan fingerprint density at radius 3 is 2.67 bits per heavy atom. The number of sulfonamides is 1. The van der Waals surface area contributed by atoms with Crippen LogP contribution in [0.15, 0.2) is 45.8 Å². The lowest BCUT2D eigenvalue weighted by Crippen LogP contribution is -2.15. The van der Waals surface area contributed by atoms with Crippen LogP contribution in [0.5, 0.6) is 0 Å². The topological polar surface area (TPSA) is 72.0 Å². The molecule has 108 valence electrons. The zero-order valence-corrected chi connectivity index (χ0v) is 14.1. The lowest BCUT2D eigenvalue weighted by Gasteiger charge is -2.11. The molecule has 1 aromatic heterocycles. The van der Waals surface area contributed by atoms with Crippen LogP contribution in [-0.2, 0) is 10.0 Å². The number of aryl methyl sites for hydroxylation is 1. The minimum absolute atomic E-state index is 0.171. The Bertz CT molecular complexity index is 922. The van der Waals surface area contributed by atoms with Gasteiger partial charge in [0.15, 0.2) is 0 Å². The Balaban J connectivity index is 2.15. The fourth-order valence-electron chi connectivity index (χ4n) is 2.01. The van der Waals surface area contributed by atoms with Crippen LogP contribution in [0.4, 0.5) is 5.69 Å². The first kappa shape index (κ1) is 14.4. The number of halogens is 1. The van der Waals surface area contributed by atoms with E-state index in [9.17, 15) is 8.42 Å². The smallest absolute Gasteiger partial charge is 0.264 e. The van der Waals surface area contributed by atoms with Crippen molar-refractivity contribution in [3.63, 3.8) is 0 Å². The third-order valence-corrected chi connectivity index (χ3v) is 5.74. The molecule has 1 heterocycles. The fourth-order valence-corrected chi connectivity index (χ4v) is 4.59. The SMILES string of the molecule is Cc1ccc2nsnc2c1S(=O)(=O)Nc1ccccc1Br. The van der Waals surface area contributed by atoms with Crippen molar-refractivity contribution in [1.29, 1.82) is 0 Å². The third-order valence-electron chi connectivity index (χ3n) is 2.97. The van der Waals surface area contributed by atoms with Gasteiger partial charge in [-0.1, -0.05) is 18.2 Å². The number of nitrogens with one attached hydrogen (secondary N) is 1. The van der Waals surface area contributed by atoms with Crippen LogP contribution in [0.3, 0.4) is 0 Å². The standard InChI is InChI=1S/C13H10BrN3O2S2/c1-8-6-7-11-12(16-20-15-11)13(8)21(18,19)17-10-5-3-2-4-9(10)14/h2-7,17H,1H3. The molecule has 5 nitrogen and oxygen atoms in total. The van der Waals surface area contributed by atoms with Crippen LogP contribution in [-0.4, -0.2) is 17.2 Å². The highest BCUT2D eigenvalue weighted by Gasteiger charge is 2.23. The van der Waals surface area contributed by atoms with Gasteiger partial charge in [-0.3, -0.25) is 4.72 Å². The number of anilines is 1. The molecule has 0 spiro atoms. The summed E-state index contributed by atoms with van der Waals surface area (Å²) in [6.07, 6.45) is 0. The van der Waals surface area contributed by atoms with Crippen molar-refractivity contribution in [3.8, 4) is 0 Å². The maximum absolute atomic E-state index is 12.7. The summed E-state index contributed by atoms with van der Waals surface area (Å²) in [6.45, 7) is 1.74. The van der Waals surface area contributed by atoms with E-state index in [-0.39, 0.29) is 4.90 Å². The van der Waals surface area contributed by atoms with Gasteiger partial charge in [0.2, 0.25) is 0 Å². The van der Waals surface area contributed by atoms with Gasteiger partial charge in [0.25, 0.3) is 10.0 Å². The molecule has 3 rings (SSSR count). The highest BCUT2D eigenvalue weighted by Crippen LogP contribution is 2.29.